The van der Waals surface area contributed by atoms with E-state index in [-0.39, 0.29) is 0 Å². The highest BCUT2D eigenvalue weighted by atomic mass is 16.7. The third-order valence-electron chi connectivity index (χ3n) is 6.71. The van der Waals surface area contributed by atoms with Crippen LogP contribution in [0, 0.1) is 5.92 Å². The first-order chi connectivity index (χ1) is 13.7. The third kappa shape index (κ3) is 2.34. The Bertz CT molecular complexity index is 1070. The number of rotatable bonds is 2. The van der Waals surface area contributed by atoms with E-state index in [2.05, 4.69) is 60.1 Å². The fourth-order valence-corrected chi connectivity index (χ4v) is 5.49. The summed E-state index contributed by atoms with van der Waals surface area (Å²) in [6.45, 7) is 6.11. The van der Waals surface area contributed by atoms with Crippen LogP contribution in [0.25, 0.3) is 10.9 Å². The minimum absolute atomic E-state index is 0.342. The fourth-order valence-electron chi connectivity index (χ4n) is 5.49. The Hall–Kier alpha value is -2.46. The Kier molecular flexibility index (Phi) is 3.54. The van der Waals surface area contributed by atoms with Gasteiger partial charge in [0, 0.05) is 29.2 Å². The summed E-state index contributed by atoms with van der Waals surface area (Å²) in [5.41, 5.74) is 7.08. The van der Waals surface area contributed by atoms with Crippen LogP contribution in [0.4, 0.5) is 0 Å². The molecule has 0 fully saturated rings. The molecule has 4 heterocycles. The molecule has 4 nitrogen and oxygen atoms in total. The highest BCUT2D eigenvalue weighted by molar-refractivity contribution is 5.85. The van der Waals surface area contributed by atoms with Crippen molar-refractivity contribution < 1.29 is 9.47 Å². The molecule has 0 bridgehead atoms. The third-order valence-corrected chi connectivity index (χ3v) is 6.71. The molecule has 4 heteroatoms. The Balaban J connectivity index is 1.52. The van der Waals surface area contributed by atoms with Gasteiger partial charge < -0.3 is 14.5 Å². The molecule has 1 aromatic heterocycles. The molecule has 2 atom stereocenters. The quantitative estimate of drug-likeness (QED) is 0.675. The van der Waals surface area contributed by atoms with Crippen molar-refractivity contribution in [1.82, 2.24) is 9.88 Å². The predicted octanol–water partition coefficient (Wildman–Crippen LogP) is 5.14. The maximum atomic E-state index is 5.71. The Morgan fingerprint density at radius 1 is 1.14 bits per heavy atom. The van der Waals surface area contributed by atoms with Crippen molar-refractivity contribution in [2.75, 3.05) is 13.3 Å². The summed E-state index contributed by atoms with van der Waals surface area (Å²) in [6.07, 6.45) is 3.31. The smallest absolute Gasteiger partial charge is 0.231 e. The summed E-state index contributed by atoms with van der Waals surface area (Å²) in [4.78, 5) is 6.52. The first kappa shape index (κ1) is 16.5. The molecule has 0 amide bonds. The second-order valence-electron chi connectivity index (χ2n) is 8.82. The summed E-state index contributed by atoms with van der Waals surface area (Å²) >= 11 is 0. The largest absolute Gasteiger partial charge is 0.454 e. The first-order valence-corrected chi connectivity index (χ1v) is 10.5. The molecule has 0 radical (unpaired) electrons. The molecule has 3 aliphatic rings. The number of H-pyrrole nitrogens is 1. The lowest BCUT2D eigenvalue weighted by atomic mass is 9.80. The molecule has 3 aromatic rings. The van der Waals surface area contributed by atoms with Crippen LogP contribution in [0.3, 0.4) is 0 Å². The number of ether oxygens (including phenoxy) is 2. The van der Waals surface area contributed by atoms with E-state index in [1.807, 2.05) is 0 Å². The molecule has 3 aliphatic heterocycles. The topological polar surface area (TPSA) is 37.5 Å². The molecule has 0 saturated heterocycles. The molecule has 1 N–H and O–H groups in total. The van der Waals surface area contributed by atoms with Crippen molar-refractivity contribution in [1.29, 1.82) is 0 Å². The van der Waals surface area contributed by atoms with Crippen LogP contribution >= 0.6 is 0 Å². The van der Waals surface area contributed by atoms with Crippen molar-refractivity contribution in [3.63, 3.8) is 0 Å². The van der Waals surface area contributed by atoms with E-state index in [9.17, 15) is 0 Å². The minimum atomic E-state index is 0.342. The second-order valence-corrected chi connectivity index (χ2v) is 8.82. The molecular weight excluding hydrogens is 348 g/mol. The lowest BCUT2D eigenvalue weighted by Crippen LogP contribution is -2.43. The van der Waals surface area contributed by atoms with Gasteiger partial charge in [0.05, 0.1) is 6.04 Å². The average molecular weight is 374 g/mol. The molecule has 6 rings (SSSR count). The lowest BCUT2D eigenvalue weighted by Gasteiger charge is -2.46. The zero-order chi connectivity index (χ0) is 18.8. The van der Waals surface area contributed by atoms with Gasteiger partial charge in [-0.3, -0.25) is 4.90 Å². The van der Waals surface area contributed by atoms with E-state index in [0.29, 0.717) is 24.8 Å². The van der Waals surface area contributed by atoms with Crippen LogP contribution < -0.4 is 9.47 Å². The molecule has 1 unspecified atom stereocenters. The molecule has 144 valence electrons. The molecule has 0 saturated carbocycles. The molecule has 0 spiro atoms. The zero-order valence-corrected chi connectivity index (χ0v) is 16.5. The van der Waals surface area contributed by atoms with Crippen molar-refractivity contribution in [2.45, 2.75) is 45.2 Å². The van der Waals surface area contributed by atoms with E-state index in [1.54, 1.807) is 0 Å². The number of aromatic amines is 1. The SMILES string of the molecule is CC(C)C[C@H]1c2[nH]c3ccccc3c2CC2c3cc4c(cc3CCN21)OCO4. The van der Waals surface area contributed by atoms with Crippen molar-refractivity contribution in [2.24, 2.45) is 5.92 Å². The Morgan fingerprint density at radius 2 is 1.96 bits per heavy atom. The van der Waals surface area contributed by atoms with Gasteiger partial charge in [-0.25, -0.2) is 0 Å². The van der Waals surface area contributed by atoms with E-state index < -0.39 is 0 Å². The van der Waals surface area contributed by atoms with Crippen LogP contribution in [0.2, 0.25) is 0 Å². The fraction of sp³-hybridized carbons (Fsp3) is 0.417. The van der Waals surface area contributed by atoms with Crippen molar-refractivity contribution >= 4 is 10.9 Å². The minimum Gasteiger partial charge on any atom is -0.454 e. The van der Waals surface area contributed by atoms with Gasteiger partial charge in [-0.15, -0.1) is 0 Å². The molecule has 0 aliphatic carbocycles. The van der Waals surface area contributed by atoms with Crippen LogP contribution in [-0.4, -0.2) is 23.2 Å². The molecule has 2 aromatic carbocycles. The summed E-state index contributed by atoms with van der Waals surface area (Å²) in [5.74, 6) is 2.47. The summed E-state index contributed by atoms with van der Waals surface area (Å²) in [5, 5.41) is 1.39. The van der Waals surface area contributed by atoms with E-state index >= 15 is 0 Å². The number of benzene rings is 2. The van der Waals surface area contributed by atoms with Crippen LogP contribution in [0.5, 0.6) is 11.5 Å². The van der Waals surface area contributed by atoms with E-state index in [0.717, 1.165) is 30.9 Å². The second kappa shape index (κ2) is 6.02. The van der Waals surface area contributed by atoms with Gasteiger partial charge in [0.15, 0.2) is 11.5 Å². The maximum absolute atomic E-state index is 5.71. The number of para-hydroxylation sites is 1. The van der Waals surface area contributed by atoms with Gasteiger partial charge in [-0.2, -0.15) is 0 Å². The van der Waals surface area contributed by atoms with Crippen LogP contribution in [-0.2, 0) is 12.8 Å². The van der Waals surface area contributed by atoms with Crippen molar-refractivity contribution in [3.8, 4) is 11.5 Å². The average Bonchev–Trinajstić information content (AvgIpc) is 3.29. The molecular formula is C24H26N2O2. The van der Waals surface area contributed by atoms with Gasteiger partial charge >= 0.3 is 0 Å². The lowest BCUT2D eigenvalue weighted by molar-refractivity contribution is 0.0904. The Morgan fingerprint density at radius 3 is 2.82 bits per heavy atom. The summed E-state index contributed by atoms with van der Waals surface area (Å²) < 4.78 is 11.3. The van der Waals surface area contributed by atoms with Crippen molar-refractivity contribution in [3.05, 3.63) is 58.8 Å². The van der Waals surface area contributed by atoms with Gasteiger partial charge in [0.2, 0.25) is 6.79 Å². The normalized spacial score (nSPS) is 23.0. The highest BCUT2D eigenvalue weighted by Gasteiger charge is 2.40. The number of fused-ring (bicyclic) bond motifs is 7. The zero-order valence-electron chi connectivity index (χ0n) is 16.5. The number of hydrogen-bond donors (Lipinski definition) is 1. The van der Waals surface area contributed by atoms with E-state index in [4.69, 9.17) is 9.47 Å². The van der Waals surface area contributed by atoms with E-state index in [1.165, 1.54) is 39.7 Å². The molecule has 28 heavy (non-hydrogen) atoms. The number of hydrogen-bond acceptors (Lipinski definition) is 3. The van der Waals surface area contributed by atoms with Gasteiger partial charge in [-0.1, -0.05) is 32.0 Å². The number of nitrogens with zero attached hydrogens (tertiary/aromatic N) is 1. The summed E-state index contributed by atoms with van der Waals surface area (Å²) in [7, 11) is 0. The Labute approximate surface area is 165 Å². The number of nitrogens with one attached hydrogen (secondary N) is 1. The van der Waals surface area contributed by atoms with Gasteiger partial charge in [0.1, 0.15) is 0 Å². The monoisotopic (exact) mass is 374 g/mol. The predicted molar refractivity (Wildman–Crippen MR) is 110 cm³/mol. The van der Waals surface area contributed by atoms with Crippen LogP contribution in [0.1, 0.15) is 54.7 Å². The first-order valence-electron chi connectivity index (χ1n) is 10.5. The van der Waals surface area contributed by atoms with Gasteiger partial charge in [0.25, 0.3) is 0 Å². The van der Waals surface area contributed by atoms with Gasteiger partial charge in [-0.05, 0) is 60.1 Å². The number of aromatic nitrogens is 1. The standard InChI is InChI=1S/C24H26N2O2/c1-14(2)9-21-24-18(16-5-3-4-6-19(16)25-24)11-20-17-12-23-22(27-13-28-23)10-15(17)7-8-26(20)21/h3-6,10,12,14,20-21,25H,7-9,11,13H2,1-2H3/t20?,21-/m0/s1. The maximum Gasteiger partial charge on any atom is 0.231 e. The van der Waals surface area contributed by atoms with Crippen LogP contribution in [0.15, 0.2) is 36.4 Å². The summed E-state index contributed by atoms with van der Waals surface area (Å²) in [6, 6.07) is 14.1. The highest BCUT2D eigenvalue weighted by Crippen LogP contribution is 2.49.